The van der Waals surface area contributed by atoms with Gasteiger partial charge in [0.25, 0.3) is 0 Å². The highest BCUT2D eigenvalue weighted by Crippen LogP contribution is 2.45. The molecule has 1 N–H and O–H groups in total. The van der Waals surface area contributed by atoms with Crippen LogP contribution < -0.4 is 5.32 Å². The maximum Gasteiger partial charge on any atom is 0.194 e. The Morgan fingerprint density at radius 3 is 2.52 bits per heavy atom. The van der Waals surface area contributed by atoms with E-state index in [-0.39, 0.29) is 24.0 Å². The summed E-state index contributed by atoms with van der Waals surface area (Å²) in [6, 6.07) is 0.587. The Kier molecular flexibility index (Phi) is 7.03. The maximum atomic E-state index is 5.01. The average molecular weight is 486 g/mol. The molecule has 6 nitrogen and oxygen atoms in total. The quantitative estimate of drug-likeness (QED) is 0.402. The monoisotopic (exact) mass is 486 g/mol. The van der Waals surface area contributed by atoms with Crippen molar-refractivity contribution in [3.05, 3.63) is 11.6 Å². The fraction of sp³-hybridized carbons (Fsp3) is 0.850. The van der Waals surface area contributed by atoms with Gasteiger partial charge < -0.3 is 14.8 Å². The summed E-state index contributed by atoms with van der Waals surface area (Å²) < 4.78 is 2.05. The van der Waals surface area contributed by atoms with Gasteiger partial charge >= 0.3 is 0 Å². The maximum absolute atomic E-state index is 5.01. The van der Waals surface area contributed by atoms with Gasteiger partial charge in [0.2, 0.25) is 0 Å². The molecule has 3 fully saturated rings. The van der Waals surface area contributed by atoms with Gasteiger partial charge in [-0.2, -0.15) is 0 Å². The van der Waals surface area contributed by atoms with Crippen molar-refractivity contribution in [3.63, 3.8) is 0 Å². The predicted molar refractivity (Wildman–Crippen MR) is 119 cm³/mol. The van der Waals surface area contributed by atoms with E-state index in [0.29, 0.717) is 18.0 Å². The second-order valence-electron chi connectivity index (χ2n) is 8.72. The second kappa shape index (κ2) is 9.09. The summed E-state index contributed by atoms with van der Waals surface area (Å²) in [6.07, 6.45) is 13.6. The Balaban J connectivity index is 0.00000210. The van der Waals surface area contributed by atoms with Gasteiger partial charge in [-0.3, -0.25) is 0 Å². The summed E-state index contributed by atoms with van der Waals surface area (Å²) in [5.41, 5.74) is 0.566. The average Bonchev–Trinajstić information content (AvgIpc) is 3.37. The highest BCUT2D eigenvalue weighted by molar-refractivity contribution is 14.0. The van der Waals surface area contributed by atoms with Gasteiger partial charge in [-0.15, -0.1) is 34.2 Å². The molecule has 1 aliphatic heterocycles. The van der Waals surface area contributed by atoms with Crippen LogP contribution in [0.3, 0.4) is 0 Å². The van der Waals surface area contributed by atoms with Gasteiger partial charge in [0.1, 0.15) is 12.4 Å². The zero-order valence-electron chi connectivity index (χ0n) is 16.9. The third-order valence-electron chi connectivity index (χ3n) is 6.89. The van der Waals surface area contributed by atoms with E-state index in [0.717, 1.165) is 24.2 Å². The van der Waals surface area contributed by atoms with Crippen molar-refractivity contribution in [2.24, 2.45) is 17.5 Å². The molecule has 0 bridgehead atoms. The summed E-state index contributed by atoms with van der Waals surface area (Å²) in [7, 11) is 2.03. The van der Waals surface area contributed by atoms with Crippen molar-refractivity contribution in [2.45, 2.75) is 83.7 Å². The summed E-state index contributed by atoms with van der Waals surface area (Å²) >= 11 is 0. The van der Waals surface area contributed by atoms with E-state index < -0.39 is 0 Å². The van der Waals surface area contributed by atoms with Gasteiger partial charge in [-0.25, -0.2) is 4.99 Å². The van der Waals surface area contributed by atoms with Crippen LogP contribution in [-0.2, 0) is 13.6 Å². The molecule has 1 aromatic heterocycles. The Morgan fingerprint density at radius 2 is 1.85 bits per heavy atom. The minimum atomic E-state index is 0. The number of aliphatic imine (C=N–C) groups is 1. The Bertz CT molecular complexity index is 643. The summed E-state index contributed by atoms with van der Waals surface area (Å²) in [5, 5.41) is 12.3. The molecule has 152 valence electrons. The SMILES string of the molecule is Cc1nnc(CN=C(NC2CCCCC2)N2CCC3(CCCC3)C2)n1C.I. The number of halogens is 1. The van der Waals surface area contributed by atoms with Crippen molar-refractivity contribution in [3.8, 4) is 0 Å². The zero-order chi connectivity index (χ0) is 18.0. The van der Waals surface area contributed by atoms with E-state index in [9.17, 15) is 0 Å². The standard InChI is InChI=1S/C20H34N6.HI/c1-16-23-24-18(25(16)2)14-21-19(22-17-8-4-3-5-9-17)26-13-12-20(15-26)10-6-7-11-20;/h17H,3-15H2,1-2H3,(H,21,22);1H. The van der Waals surface area contributed by atoms with Crippen LogP contribution in [0.4, 0.5) is 0 Å². The van der Waals surface area contributed by atoms with Crippen LogP contribution >= 0.6 is 24.0 Å². The van der Waals surface area contributed by atoms with Gasteiger partial charge in [-0.1, -0.05) is 32.1 Å². The fourth-order valence-corrected chi connectivity index (χ4v) is 5.05. The molecule has 1 spiro atoms. The lowest BCUT2D eigenvalue weighted by molar-refractivity contribution is 0.305. The molecule has 1 saturated heterocycles. The van der Waals surface area contributed by atoms with Crippen LogP contribution in [0.2, 0.25) is 0 Å². The first-order chi connectivity index (χ1) is 12.7. The van der Waals surface area contributed by atoms with Crippen molar-refractivity contribution in [1.82, 2.24) is 25.0 Å². The number of aromatic nitrogens is 3. The number of guanidine groups is 1. The Hall–Kier alpha value is -0.860. The van der Waals surface area contributed by atoms with E-state index in [1.165, 1.54) is 70.8 Å². The molecule has 7 heteroatoms. The number of nitrogens with one attached hydrogen (secondary N) is 1. The molecular weight excluding hydrogens is 451 g/mol. The highest BCUT2D eigenvalue weighted by Gasteiger charge is 2.41. The molecular formula is C20H35IN6. The number of hydrogen-bond acceptors (Lipinski definition) is 3. The number of likely N-dealkylation sites (tertiary alicyclic amines) is 1. The van der Waals surface area contributed by atoms with Crippen molar-refractivity contribution >= 4 is 29.9 Å². The smallest absolute Gasteiger partial charge is 0.194 e. The molecule has 0 atom stereocenters. The largest absolute Gasteiger partial charge is 0.353 e. The molecule has 3 aliphatic rings. The summed E-state index contributed by atoms with van der Waals surface area (Å²) in [6.45, 7) is 4.93. The lowest BCUT2D eigenvalue weighted by Crippen LogP contribution is -2.46. The van der Waals surface area contributed by atoms with Crippen molar-refractivity contribution in [2.75, 3.05) is 13.1 Å². The lowest BCUT2D eigenvalue weighted by atomic mass is 9.86. The lowest BCUT2D eigenvalue weighted by Gasteiger charge is -2.30. The first kappa shape index (κ1) is 20.9. The topological polar surface area (TPSA) is 58.3 Å². The first-order valence-corrected chi connectivity index (χ1v) is 10.6. The van der Waals surface area contributed by atoms with E-state index in [2.05, 4.69) is 20.4 Å². The molecule has 0 aromatic carbocycles. The fourth-order valence-electron chi connectivity index (χ4n) is 5.05. The van der Waals surface area contributed by atoms with Crippen molar-refractivity contribution in [1.29, 1.82) is 0 Å². The van der Waals surface area contributed by atoms with Gasteiger partial charge in [0.15, 0.2) is 11.8 Å². The second-order valence-corrected chi connectivity index (χ2v) is 8.72. The number of aryl methyl sites for hydroxylation is 1. The molecule has 0 amide bonds. The zero-order valence-corrected chi connectivity index (χ0v) is 19.2. The minimum absolute atomic E-state index is 0. The van der Waals surface area contributed by atoms with E-state index >= 15 is 0 Å². The highest BCUT2D eigenvalue weighted by atomic mass is 127. The molecule has 1 aromatic rings. The molecule has 2 heterocycles. The third kappa shape index (κ3) is 4.77. The Morgan fingerprint density at radius 1 is 1.11 bits per heavy atom. The van der Waals surface area contributed by atoms with Crippen LogP contribution in [-0.4, -0.2) is 44.8 Å². The van der Waals surface area contributed by atoms with E-state index in [1.54, 1.807) is 0 Å². The minimum Gasteiger partial charge on any atom is -0.353 e. The van der Waals surface area contributed by atoms with Gasteiger partial charge in [0, 0.05) is 26.2 Å². The van der Waals surface area contributed by atoms with Gasteiger partial charge in [-0.05, 0) is 44.4 Å². The number of rotatable bonds is 3. The summed E-state index contributed by atoms with van der Waals surface area (Å²) in [5.74, 6) is 3.00. The first-order valence-electron chi connectivity index (χ1n) is 10.6. The predicted octanol–water partition coefficient (Wildman–Crippen LogP) is 3.79. The molecule has 0 radical (unpaired) electrons. The molecule has 2 saturated carbocycles. The van der Waals surface area contributed by atoms with Crippen LogP contribution in [0.15, 0.2) is 4.99 Å². The van der Waals surface area contributed by atoms with E-state index in [1.807, 2.05) is 18.5 Å². The van der Waals surface area contributed by atoms with Crippen molar-refractivity contribution < 1.29 is 0 Å². The van der Waals surface area contributed by atoms with Crippen LogP contribution in [0.25, 0.3) is 0 Å². The molecule has 0 unspecified atom stereocenters. The Labute approximate surface area is 180 Å². The summed E-state index contributed by atoms with van der Waals surface area (Å²) in [4.78, 5) is 7.54. The van der Waals surface area contributed by atoms with Gasteiger partial charge in [0.05, 0.1) is 0 Å². The van der Waals surface area contributed by atoms with Crippen LogP contribution in [0.5, 0.6) is 0 Å². The van der Waals surface area contributed by atoms with Crippen LogP contribution in [0, 0.1) is 12.3 Å². The number of nitrogens with zero attached hydrogens (tertiary/aromatic N) is 5. The molecule has 27 heavy (non-hydrogen) atoms. The normalized spacial score (nSPS) is 23.0. The third-order valence-corrected chi connectivity index (χ3v) is 6.89. The van der Waals surface area contributed by atoms with Crippen LogP contribution in [0.1, 0.15) is 75.9 Å². The van der Waals surface area contributed by atoms with E-state index in [4.69, 9.17) is 4.99 Å². The molecule has 4 rings (SSSR count). The molecule has 2 aliphatic carbocycles. The number of hydrogen-bond donors (Lipinski definition) is 1.